The molecule has 0 saturated carbocycles. The van der Waals surface area contributed by atoms with E-state index in [1.165, 1.54) is 5.56 Å². The van der Waals surface area contributed by atoms with Gasteiger partial charge in [0.25, 0.3) is 0 Å². The van der Waals surface area contributed by atoms with Gasteiger partial charge in [0.2, 0.25) is 0 Å². The number of aromatic nitrogens is 1. The molecule has 0 aliphatic rings. The Morgan fingerprint density at radius 2 is 1.81 bits per heavy atom. The molecule has 1 aromatic carbocycles. The van der Waals surface area contributed by atoms with Crippen molar-refractivity contribution in [3.05, 3.63) is 64.4 Å². The molecule has 0 amide bonds. The minimum absolute atomic E-state index is 0.515. The second-order valence-electron chi connectivity index (χ2n) is 5.79. The molecule has 0 fully saturated rings. The molecule has 1 N–H and O–H groups in total. The highest BCUT2D eigenvalue weighted by atomic mass is 79.9. The van der Waals surface area contributed by atoms with E-state index in [2.05, 4.69) is 82.5 Å². The van der Waals surface area contributed by atoms with Gasteiger partial charge in [-0.25, -0.2) is 0 Å². The van der Waals surface area contributed by atoms with Gasteiger partial charge in [0.05, 0.1) is 0 Å². The zero-order valence-electron chi connectivity index (χ0n) is 12.7. The van der Waals surface area contributed by atoms with Crippen LogP contribution in [-0.2, 0) is 12.8 Å². The van der Waals surface area contributed by atoms with Gasteiger partial charge in [-0.2, -0.15) is 0 Å². The van der Waals surface area contributed by atoms with Crippen molar-refractivity contribution >= 4 is 15.9 Å². The third-order valence-electron chi connectivity index (χ3n) is 3.47. The van der Waals surface area contributed by atoms with E-state index < -0.39 is 0 Å². The Morgan fingerprint density at radius 1 is 1.05 bits per heavy atom. The molecule has 0 saturated heterocycles. The number of halogens is 1. The van der Waals surface area contributed by atoms with E-state index in [9.17, 15) is 0 Å². The Labute approximate surface area is 136 Å². The van der Waals surface area contributed by atoms with E-state index in [0.29, 0.717) is 12.0 Å². The van der Waals surface area contributed by atoms with Crippen LogP contribution in [0.5, 0.6) is 0 Å². The van der Waals surface area contributed by atoms with Gasteiger partial charge in [-0.15, -0.1) is 0 Å². The number of rotatable bonds is 7. The van der Waals surface area contributed by atoms with E-state index in [1.54, 1.807) is 0 Å². The molecule has 2 aromatic rings. The summed E-state index contributed by atoms with van der Waals surface area (Å²) in [5, 5.41) is 3.56. The number of hydrogen-bond donors (Lipinski definition) is 1. The molecule has 0 bridgehead atoms. The summed E-state index contributed by atoms with van der Waals surface area (Å²) in [6, 6.07) is 15.4. The summed E-state index contributed by atoms with van der Waals surface area (Å²) in [5.41, 5.74) is 2.55. The molecular weight excluding hydrogens is 324 g/mol. The Kier molecular flexibility index (Phi) is 6.40. The normalized spacial score (nSPS) is 12.6. The van der Waals surface area contributed by atoms with Gasteiger partial charge < -0.3 is 5.32 Å². The predicted molar refractivity (Wildman–Crippen MR) is 92.4 cm³/mol. The Hall–Kier alpha value is -1.19. The van der Waals surface area contributed by atoms with Crippen molar-refractivity contribution < 1.29 is 0 Å². The maximum absolute atomic E-state index is 4.51. The Bertz CT molecular complexity index is 523. The predicted octanol–water partition coefficient (Wildman–Crippen LogP) is 4.24. The monoisotopic (exact) mass is 346 g/mol. The third kappa shape index (κ3) is 5.98. The molecule has 0 spiro atoms. The van der Waals surface area contributed by atoms with Crippen molar-refractivity contribution in [2.45, 2.75) is 32.7 Å². The van der Waals surface area contributed by atoms with Crippen molar-refractivity contribution in [3.8, 4) is 0 Å². The molecule has 1 atom stereocenters. The molecule has 1 heterocycles. The van der Waals surface area contributed by atoms with Gasteiger partial charge in [0.1, 0.15) is 0 Å². The first-order chi connectivity index (χ1) is 10.1. The fraction of sp³-hybridized carbons (Fsp3) is 0.389. The van der Waals surface area contributed by atoms with Crippen LogP contribution in [0.3, 0.4) is 0 Å². The van der Waals surface area contributed by atoms with Gasteiger partial charge in [-0.05, 0) is 58.9 Å². The molecular formula is C18H23BrN2. The van der Waals surface area contributed by atoms with E-state index in [-0.39, 0.29) is 0 Å². The summed E-state index contributed by atoms with van der Waals surface area (Å²) >= 11 is 3.44. The second-order valence-corrected chi connectivity index (χ2v) is 6.71. The second kappa shape index (κ2) is 8.30. The summed E-state index contributed by atoms with van der Waals surface area (Å²) in [7, 11) is 0. The fourth-order valence-electron chi connectivity index (χ4n) is 2.39. The molecule has 3 heteroatoms. The molecule has 1 aromatic heterocycles. The SMILES string of the molecule is CC(C)NCC(Cc1ccccc1)Cc1ccc(Br)cn1. The van der Waals surface area contributed by atoms with Gasteiger partial charge in [-0.3, -0.25) is 4.98 Å². The quantitative estimate of drug-likeness (QED) is 0.810. The van der Waals surface area contributed by atoms with Crippen LogP contribution in [0.15, 0.2) is 53.1 Å². The number of benzene rings is 1. The highest BCUT2D eigenvalue weighted by Crippen LogP contribution is 2.15. The molecule has 21 heavy (non-hydrogen) atoms. The number of hydrogen-bond acceptors (Lipinski definition) is 2. The standard InChI is InChI=1S/C18H23BrN2/c1-14(2)20-12-16(10-15-6-4-3-5-7-15)11-18-9-8-17(19)13-21-18/h3-9,13-14,16,20H,10-12H2,1-2H3. The van der Waals surface area contributed by atoms with Crippen LogP contribution in [0.2, 0.25) is 0 Å². The largest absolute Gasteiger partial charge is 0.314 e. The Balaban J connectivity index is 2.02. The zero-order chi connectivity index (χ0) is 15.1. The lowest BCUT2D eigenvalue weighted by Crippen LogP contribution is -2.31. The lowest BCUT2D eigenvalue weighted by Gasteiger charge is -2.19. The fourth-order valence-corrected chi connectivity index (χ4v) is 2.62. The topological polar surface area (TPSA) is 24.9 Å². The maximum atomic E-state index is 4.51. The first kappa shape index (κ1) is 16.2. The highest BCUT2D eigenvalue weighted by molar-refractivity contribution is 9.10. The lowest BCUT2D eigenvalue weighted by atomic mass is 9.94. The van der Waals surface area contributed by atoms with Crippen LogP contribution in [0.4, 0.5) is 0 Å². The molecule has 2 rings (SSSR count). The van der Waals surface area contributed by atoms with Crippen LogP contribution in [0.25, 0.3) is 0 Å². The molecule has 1 unspecified atom stereocenters. The van der Waals surface area contributed by atoms with Gasteiger partial charge >= 0.3 is 0 Å². The Morgan fingerprint density at radius 3 is 2.43 bits per heavy atom. The summed E-state index contributed by atoms with van der Waals surface area (Å²) in [6.45, 7) is 5.40. The van der Waals surface area contributed by atoms with E-state index in [4.69, 9.17) is 0 Å². The minimum Gasteiger partial charge on any atom is -0.314 e. The van der Waals surface area contributed by atoms with E-state index >= 15 is 0 Å². The summed E-state index contributed by atoms with van der Waals surface area (Å²) in [6.07, 6.45) is 3.96. The lowest BCUT2D eigenvalue weighted by molar-refractivity contribution is 0.441. The van der Waals surface area contributed by atoms with Crippen LogP contribution in [-0.4, -0.2) is 17.6 Å². The van der Waals surface area contributed by atoms with Crippen molar-refractivity contribution in [1.29, 1.82) is 0 Å². The molecule has 0 aliphatic heterocycles. The zero-order valence-corrected chi connectivity index (χ0v) is 14.3. The van der Waals surface area contributed by atoms with Crippen molar-refractivity contribution in [3.63, 3.8) is 0 Å². The van der Waals surface area contributed by atoms with E-state index in [0.717, 1.165) is 29.6 Å². The molecule has 112 valence electrons. The maximum Gasteiger partial charge on any atom is 0.0413 e. The van der Waals surface area contributed by atoms with Crippen molar-refractivity contribution in [1.82, 2.24) is 10.3 Å². The third-order valence-corrected chi connectivity index (χ3v) is 3.94. The number of nitrogens with zero attached hydrogens (tertiary/aromatic N) is 1. The average Bonchev–Trinajstić information content (AvgIpc) is 2.48. The van der Waals surface area contributed by atoms with Gasteiger partial charge in [-0.1, -0.05) is 44.2 Å². The first-order valence-corrected chi connectivity index (χ1v) is 8.30. The van der Waals surface area contributed by atoms with E-state index in [1.807, 2.05) is 6.20 Å². The first-order valence-electron chi connectivity index (χ1n) is 7.51. The van der Waals surface area contributed by atoms with Crippen LogP contribution < -0.4 is 5.32 Å². The summed E-state index contributed by atoms with van der Waals surface area (Å²) in [5.74, 6) is 0.559. The van der Waals surface area contributed by atoms with Crippen molar-refractivity contribution in [2.75, 3.05) is 6.54 Å². The van der Waals surface area contributed by atoms with Crippen LogP contribution in [0, 0.1) is 5.92 Å². The van der Waals surface area contributed by atoms with Crippen LogP contribution in [0.1, 0.15) is 25.1 Å². The summed E-state index contributed by atoms with van der Waals surface area (Å²) in [4.78, 5) is 4.51. The molecule has 0 radical (unpaired) electrons. The molecule has 0 aliphatic carbocycles. The smallest absolute Gasteiger partial charge is 0.0413 e. The number of pyridine rings is 1. The summed E-state index contributed by atoms with van der Waals surface area (Å²) < 4.78 is 1.03. The van der Waals surface area contributed by atoms with Crippen molar-refractivity contribution in [2.24, 2.45) is 5.92 Å². The minimum atomic E-state index is 0.515. The van der Waals surface area contributed by atoms with Gasteiger partial charge in [0, 0.05) is 22.4 Å². The number of nitrogens with one attached hydrogen (secondary N) is 1. The molecule has 2 nitrogen and oxygen atoms in total. The van der Waals surface area contributed by atoms with Crippen LogP contribution >= 0.6 is 15.9 Å². The van der Waals surface area contributed by atoms with Gasteiger partial charge in [0.15, 0.2) is 0 Å². The average molecular weight is 347 g/mol. The highest BCUT2D eigenvalue weighted by Gasteiger charge is 2.12.